The summed E-state index contributed by atoms with van der Waals surface area (Å²) in [7, 11) is 0. The molecule has 1 aliphatic heterocycles. The van der Waals surface area contributed by atoms with Crippen molar-refractivity contribution in [2.45, 2.75) is 0 Å². The van der Waals surface area contributed by atoms with Gasteiger partial charge < -0.3 is 4.74 Å². The molecule has 0 amide bonds. The van der Waals surface area contributed by atoms with Gasteiger partial charge in [-0.3, -0.25) is 4.98 Å². The van der Waals surface area contributed by atoms with Crippen LogP contribution >= 0.6 is 0 Å². The number of nitrogens with zero attached hydrogens (tertiary/aromatic N) is 1. The Morgan fingerprint density at radius 2 is 1.42 bits per heavy atom. The third-order valence-electron chi connectivity index (χ3n) is 6.18. The van der Waals surface area contributed by atoms with Crippen LogP contribution in [-0.4, -0.2) is 4.98 Å². The highest BCUT2D eigenvalue weighted by molar-refractivity contribution is 6.21. The topological polar surface area (TPSA) is 22.1 Å². The summed E-state index contributed by atoms with van der Waals surface area (Å²) in [5.74, 6) is 0.201. The molecule has 31 heavy (non-hydrogen) atoms. The Kier molecular flexibility index (Phi) is 3.11. The van der Waals surface area contributed by atoms with Crippen molar-refractivity contribution in [3.8, 4) is 22.8 Å². The van der Waals surface area contributed by atoms with Gasteiger partial charge in [-0.1, -0.05) is 36.4 Å². The minimum absolute atomic E-state index is 0.386. The average Bonchev–Trinajstić information content (AvgIpc) is 2.78. The van der Waals surface area contributed by atoms with Crippen LogP contribution in [-0.2, 0) is 0 Å². The second-order valence-electron chi connectivity index (χ2n) is 7.90. The maximum Gasteiger partial charge on any atom is 0.138 e. The van der Waals surface area contributed by atoms with E-state index in [0.29, 0.717) is 16.5 Å². The van der Waals surface area contributed by atoms with Gasteiger partial charge in [0.1, 0.15) is 23.1 Å². The molecule has 1 aromatic heterocycles. The predicted molar refractivity (Wildman–Crippen MR) is 120 cm³/mol. The highest BCUT2D eigenvalue weighted by Gasteiger charge is 2.24. The summed E-state index contributed by atoms with van der Waals surface area (Å²) in [5.41, 5.74) is 1.79. The molecule has 5 aromatic carbocycles. The first kappa shape index (κ1) is 16.7. The molecule has 0 saturated heterocycles. The maximum absolute atomic E-state index is 14.4. The lowest BCUT2D eigenvalue weighted by Crippen LogP contribution is -2.00. The predicted octanol–water partition coefficient (Wildman–Crippen LogP) is 7.75. The fourth-order valence-corrected chi connectivity index (χ4v) is 4.80. The molecule has 0 saturated carbocycles. The molecule has 0 aliphatic carbocycles. The van der Waals surface area contributed by atoms with Gasteiger partial charge in [-0.15, -0.1) is 0 Å². The second-order valence-corrected chi connectivity index (χ2v) is 7.90. The Hall–Kier alpha value is -4.05. The number of aromatic nitrogens is 1. The molecule has 7 rings (SSSR count). The monoisotopic (exact) mass is 405 g/mol. The van der Waals surface area contributed by atoms with Crippen LogP contribution in [0.3, 0.4) is 0 Å². The maximum atomic E-state index is 14.4. The van der Waals surface area contributed by atoms with Gasteiger partial charge in [0.15, 0.2) is 0 Å². The van der Waals surface area contributed by atoms with Gasteiger partial charge in [-0.25, -0.2) is 8.78 Å². The van der Waals surface area contributed by atoms with Crippen molar-refractivity contribution < 1.29 is 13.5 Å². The van der Waals surface area contributed by atoms with Gasteiger partial charge in [0.25, 0.3) is 0 Å². The highest BCUT2D eigenvalue weighted by Crippen LogP contribution is 2.49. The normalized spacial score (nSPS) is 12.5. The van der Waals surface area contributed by atoms with E-state index in [1.807, 2.05) is 42.5 Å². The number of fused-ring (bicyclic) bond motifs is 7. The van der Waals surface area contributed by atoms with E-state index >= 15 is 0 Å². The quantitative estimate of drug-likeness (QED) is 0.241. The molecule has 0 atom stereocenters. The van der Waals surface area contributed by atoms with Crippen molar-refractivity contribution in [3.05, 3.63) is 90.6 Å². The second kappa shape index (κ2) is 5.76. The van der Waals surface area contributed by atoms with Crippen LogP contribution in [0.15, 0.2) is 79.0 Å². The molecule has 4 heteroatoms. The van der Waals surface area contributed by atoms with Gasteiger partial charge in [0, 0.05) is 23.2 Å². The van der Waals surface area contributed by atoms with Crippen molar-refractivity contribution >= 4 is 43.1 Å². The molecule has 0 fully saturated rings. The summed E-state index contributed by atoms with van der Waals surface area (Å²) in [4.78, 5) is 4.68. The summed E-state index contributed by atoms with van der Waals surface area (Å²) in [6.07, 6.45) is 1.78. The van der Waals surface area contributed by atoms with Crippen LogP contribution in [0.4, 0.5) is 8.78 Å². The SMILES string of the molecule is Fc1cc(F)c2ccc3c4ccnc5c4c(cc3c2c1)Oc1cc2ccccc2cc1-5. The molecular formula is C27H13F2NO. The van der Waals surface area contributed by atoms with Crippen LogP contribution in [0.5, 0.6) is 11.5 Å². The van der Waals surface area contributed by atoms with Crippen molar-refractivity contribution in [2.75, 3.05) is 0 Å². The first-order chi connectivity index (χ1) is 15.2. The van der Waals surface area contributed by atoms with Crippen LogP contribution in [0, 0.1) is 11.6 Å². The van der Waals surface area contributed by atoms with Crippen LogP contribution in [0.1, 0.15) is 0 Å². The summed E-state index contributed by atoms with van der Waals surface area (Å²) in [6, 6.07) is 21.9. The van der Waals surface area contributed by atoms with Crippen molar-refractivity contribution in [1.29, 1.82) is 0 Å². The van der Waals surface area contributed by atoms with Gasteiger partial charge >= 0.3 is 0 Å². The molecule has 0 radical (unpaired) electrons. The van der Waals surface area contributed by atoms with Crippen LogP contribution < -0.4 is 4.74 Å². The van der Waals surface area contributed by atoms with Gasteiger partial charge in [0.05, 0.1) is 11.1 Å². The summed E-state index contributed by atoms with van der Waals surface area (Å²) in [5, 5.41) is 6.62. The van der Waals surface area contributed by atoms with Gasteiger partial charge in [-0.05, 0) is 62.6 Å². The van der Waals surface area contributed by atoms with E-state index in [1.54, 1.807) is 12.3 Å². The Balaban J connectivity index is 1.65. The largest absolute Gasteiger partial charge is 0.456 e. The molecule has 0 unspecified atom stereocenters. The zero-order chi connectivity index (χ0) is 20.7. The summed E-state index contributed by atoms with van der Waals surface area (Å²) < 4.78 is 34.8. The minimum Gasteiger partial charge on any atom is -0.456 e. The standard InChI is InChI=1S/C27H13F2NO/c28-16-11-20-18(23(29)12-16)6-5-17-19-7-8-30-27-22-9-14-3-1-2-4-15(14)10-24(22)31-25(26(19)27)13-21(17)20/h1-13H. The zero-order valence-corrected chi connectivity index (χ0v) is 16.1. The van der Waals surface area contributed by atoms with Gasteiger partial charge in [-0.2, -0.15) is 0 Å². The summed E-state index contributed by atoms with van der Waals surface area (Å²) in [6.45, 7) is 0. The van der Waals surface area contributed by atoms with Crippen LogP contribution in [0.25, 0.3) is 54.3 Å². The number of rotatable bonds is 0. The molecule has 1 aliphatic rings. The molecule has 0 bridgehead atoms. The zero-order valence-electron chi connectivity index (χ0n) is 16.1. The van der Waals surface area contributed by atoms with Crippen molar-refractivity contribution in [3.63, 3.8) is 0 Å². The number of halogens is 2. The lowest BCUT2D eigenvalue weighted by atomic mass is 9.92. The van der Waals surface area contributed by atoms with E-state index in [9.17, 15) is 8.78 Å². The number of hydrogen-bond donors (Lipinski definition) is 0. The van der Waals surface area contributed by atoms with Crippen molar-refractivity contribution in [1.82, 2.24) is 4.98 Å². The first-order valence-corrected chi connectivity index (χ1v) is 10.0. The Morgan fingerprint density at radius 1 is 0.645 bits per heavy atom. The molecule has 2 nitrogen and oxygen atoms in total. The summed E-state index contributed by atoms with van der Waals surface area (Å²) >= 11 is 0. The lowest BCUT2D eigenvalue weighted by Gasteiger charge is -2.22. The molecule has 0 spiro atoms. The Labute approximate surface area is 175 Å². The number of ether oxygens (including phenoxy) is 1. The van der Waals surface area contributed by atoms with E-state index < -0.39 is 11.6 Å². The van der Waals surface area contributed by atoms with Crippen LogP contribution in [0.2, 0.25) is 0 Å². The molecule has 146 valence electrons. The highest BCUT2D eigenvalue weighted by atomic mass is 19.1. The minimum atomic E-state index is -0.598. The van der Waals surface area contributed by atoms with Crippen molar-refractivity contribution in [2.24, 2.45) is 0 Å². The molecule has 0 N–H and O–H groups in total. The number of benzene rings is 5. The third-order valence-corrected chi connectivity index (χ3v) is 6.18. The first-order valence-electron chi connectivity index (χ1n) is 10.0. The molecule has 6 aromatic rings. The lowest BCUT2D eigenvalue weighted by molar-refractivity contribution is 0.488. The number of pyridine rings is 1. The van der Waals surface area contributed by atoms with Gasteiger partial charge in [0.2, 0.25) is 0 Å². The third kappa shape index (κ3) is 2.22. The Morgan fingerprint density at radius 3 is 2.29 bits per heavy atom. The molecular weight excluding hydrogens is 392 g/mol. The number of hydrogen-bond acceptors (Lipinski definition) is 2. The van der Waals surface area contributed by atoms with E-state index in [2.05, 4.69) is 17.1 Å². The van der Waals surface area contributed by atoms with E-state index in [4.69, 9.17) is 4.74 Å². The fraction of sp³-hybridized carbons (Fsp3) is 0. The molecule has 2 heterocycles. The smallest absolute Gasteiger partial charge is 0.138 e. The van der Waals surface area contributed by atoms with E-state index in [1.165, 1.54) is 6.07 Å². The fourth-order valence-electron chi connectivity index (χ4n) is 4.80. The Bertz CT molecular complexity index is 1740. The van der Waals surface area contributed by atoms with E-state index in [0.717, 1.165) is 55.4 Å². The van der Waals surface area contributed by atoms with E-state index in [-0.39, 0.29) is 0 Å². The average molecular weight is 405 g/mol.